The van der Waals surface area contributed by atoms with Crippen molar-refractivity contribution in [2.75, 3.05) is 0 Å². The van der Waals surface area contributed by atoms with Crippen LogP contribution in [0, 0.1) is 6.92 Å². The van der Waals surface area contributed by atoms with Crippen LogP contribution in [0.2, 0.25) is 0 Å². The smallest absolute Gasteiger partial charge is 0.236 e. The van der Waals surface area contributed by atoms with E-state index in [1.807, 2.05) is 0 Å². The highest BCUT2D eigenvalue weighted by molar-refractivity contribution is 5.46. The Morgan fingerprint density at radius 2 is 2.14 bits per heavy atom. The van der Waals surface area contributed by atoms with E-state index in [4.69, 9.17) is 0 Å². The molecular formula is C8H5F3N2O. The molecule has 0 aliphatic carbocycles. The summed E-state index contributed by atoms with van der Waals surface area (Å²) in [6, 6.07) is 1.08. The Morgan fingerprint density at radius 3 is 2.57 bits per heavy atom. The molecule has 3 nitrogen and oxygen atoms in total. The Balaban J connectivity index is 3.20. The molecule has 6 heteroatoms. The van der Waals surface area contributed by atoms with Crippen molar-refractivity contribution in [3.05, 3.63) is 23.4 Å². The number of aryl methyl sites for hydroxylation is 1. The number of hydrogen-bond donors (Lipinski definition) is 0. The van der Waals surface area contributed by atoms with Crippen LogP contribution in [0.15, 0.2) is 17.3 Å². The first kappa shape index (κ1) is 10.4. The number of nitrogens with zero attached hydrogens (tertiary/aromatic N) is 2. The van der Waals surface area contributed by atoms with Gasteiger partial charge in [-0.25, -0.2) is 9.78 Å². The van der Waals surface area contributed by atoms with Crippen molar-refractivity contribution in [1.82, 2.24) is 4.98 Å². The predicted molar refractivity (Wildman–Crippen MR) is 41.8 cm³/mol. The van der Waals surface area contributed by atoms with Crippen molar-refractivity contribution in [3.8, 4) is 0 Å². The summed E-state index contributed by atoms with van der Waals surface area (Å²) in [4.78, 5) is 16.3. The van der Waals surface area contributed by atoms with Gasteiger partial charge in [-0.1, -0.05) is 0 Å². The number of carbonyl (C=O) groups excluding carboxylic acids is 1. The maximum atomic E-state index is 12.2. The number of pyridine rings is 1. The zero-order valence-electron chi connectivity index (χ0n) is 7.09. The van der Waals surface area contributed by atoms with E-state index in [0.29, 0.717) is 6.20 Å². The van der Waals surface area contributed by atoms with Crippen LogP contribution in [0.1, 0.15) is 11.1 Å². The summed E-state index contributed by atoms with van der Waals surface area (Å²) >= 11 is 0. The van der Waals surface area contributed by atoms with Crippen LogP contribution in [-0.4, -0.2) is 11.1 Å². The molecule has 0 radical (unpaired) electrons. The third-order valence-corrected chi connectivity index (χ3v) is 1.56. The summed E-state index contributed by atoms with van der Waals surface area (Å²) < 4.78 is 36.7. The second-order valence-electron chi connectivity index (χ2n) is 2.56. The molecule has 1 heterocycles. The second kappa shape index (κ2) is 3.59. The van der Waals surface area contributed by atoms with E-state index in [1.54, 1.807) is 0 Å². The van der Waals surface area contributed by atoms with E-state index in [2.05, 4.69) is 9.98 Å². The Kier molecular flexibility index (Phi) is 2.67. The van der Waals surface area contributed by atoms with Gasteiger partial charge in [-0.2, -0.15) is 13.2 Å². The van der Waals surface area contributed by atoms with E-state index in [0.717, 1.165) is 6.07 Å². The SMILES string of the molecule is Cc1cc(N=C=O)ncc1C(F)(F)F. The summed E-state index contributed by atoms with van der Waals surface area (Å²) in [6.07, 6.45) is -2.59. The van der Waals surface area contributed by atoms with Gasteiger partial charge in [0, 0.05) is 6.20 Å². The molecule has 0 saturated carbocycles. The van der Waals surface area contributed by atoms with Crippen LogP contribution >= 0.6 is 0 Å². The van der Waals surface area contributed by atoms with E-state index in [9.17, 15) is 18.0 Å². The molecule has 0 atom stereocenters. The number of rotatable bonds is 1. The first-order chi connectivity index (χ1) is 6.45. The standard InChI is InChI=1S/C8H5F3N2O/c1-5-2-7(13-4-14)12-3-6(5)8(9,10)11/h2-3H,1H3. The van der Waals surface area contributed by atoms with E-state index >= 15 is 0 Å². The lowest BCUT2D eigenvalue weighted by molar-refractivity contribution is -0.138. The Hall–Kier alpha value is -1.68. The highest BCUT2D eigenvalue weighted by atomic mass is 19.4. The average Bonchev–Trinajstić information content (AvgIpc) is 2.02. The molecule has 0 aliphatic heterocycles. The summed E-state index contributed by atoms with van der Waals surface area (Å²) in [5, 5.41) is 0. The lowest BCUT2D eigenvalue weighted by atomic mass is 10.1. The minimum absolute atomic E-state index is 0.0264. The monoisotopic (exact) mass is 202 g/mol. The fourth-order valence-electron chi connectivity index (χ4n) is 0.946. The van der Waals surface area contributed by atoms with Gasteiger partial charge in [-0.3, -0.25) is 0 Å². The van der Waals surface area contributed by atoms with Crippen LogP contribution in [0.5, 0.6) is 0 Å². The van der Waals surface area contributed by atoms with Crippen molar-refractivity contribution in [2.45, 2.75) is 13.1 Å². The quantitative estimate of drug-likeness (QED) is 0.518. The Labute approximate surface area is 77.3 Å². The number of alkyl halides is 3. The molecular weight excluding hydrogens is 197 g/mol. The third-order valence-electron chi connectivity index (χ3n) is 1.56. The first-order valence-corrected chi connectivity index (χ1v) is 3.57. The van der Waals surface area contributed by atoms with Crippen LogP contribution in [0.3, 0.4) is 0 Å². The van der Waals surface area contributed by atoms with Gasteiger partial charge in [-0.15, -0.1) is 4.99 Å². The van der Waals surface area contributed by atoms with E-state index in [-0.39, 0.29) is 11.4 Å². The van der Waals surface area contributed by atoms with E-state index in [1.165, 1.54) is 13.0 Å². The topological polar surface area (TPSA) is 42.3 Å². The molecule has 0 unspecified atom stereocenters. The van der Waals surface area contributed by atoms with Crippen molar-refractivity contribution < 1.29 is 18.0 Å². The van der Waals surface area contributed by atoms with Crippen molar-refractivity contribution in [2.24, 2.45) is 4.99 Å². The zero-order chi connectivity index (χ0) is 10.8. The average molecular weight is 202 g/mol. The van der Waals surface area contributed by atoms with Crippen LogP contribution in [0.25, 0.3) is 0 Å². The normalized spacial score (nSPS) is 10.9. The molecule has 0 aromatic carbocycles. The van der Waals surface area contributed by atoms with Gasteiger partial charge in [0.1, 0.15) is 0 Å². The van der Waals surface area contributed by atoms with Gasteiger partial charge in [-0.05, 0) is 18.6 Å². The van der Waals surface area contributed by atoms with Gasteiger partial charge in [0.15, 0.2) is 5.82 Å². The summed E-state index contributed by atoms with van der Waals surface area (Å²) in [6.45, 7) is 1.27. The predicted octanol–water partition coefficient (Wildman–Crippen LogP) is 2.38. The molecule has 0 aliphatic rings. The van der Waals surface area contributed by atoms with Crippen LogP contribution < -0.4 is 0 Å². The minimum atomic E-state index is -4.43. The van der Waals surface area contributed by atoms with Gasteiger partial charge in [0.2, 0.25) is 6.08 Å². The van der Waals surface area contributed by atoms with Gasteiger partial charge in [0.25, 0.3) is 0 Å². The maximum Gasteiger partial charge on any atom is 0.418 e. The minimum Gasteiger partial charge on any atom is -0.236 e. The summed E-state index contributed by atoms with van der Waals surface area (Å²) in [5.41, 5.74) is -0.858. The Morgan fingerprint density at radius 1 is 1.50 bits per heavy atom. The highest BCUT2D eigenvalue weighted by Gasteiger charge is 2.32. The molecule has 0 spiro atoms. The van der Waals surface area contributed by atoms with Gasteiger partial charge >= 0.3 is 6.18 Å². The molecule has 0 amide bonds. The lowest BCUT2D eigenvalue weighted by Gasteiger charge is -2.08. The molecule has 14 heavy (non-hydrogen) atoms. The number of isocyanates is 1. The van der Waals surface area contributed by atoms with Gasteiger partial charge in [0.05, 0.1) is 5.56 Å². The lowest BCUT2D eigenvalue weighted by Crippen LogP contribution is -2.07. The highest BCUT2D eigenvalue weighted by Crippen LogP contribution is 2.32. The summed E-state index contributed by atoms with van der Waals surface area (Å²) in [7, 11) is 0. The Bertz CT molecular complexity index is 394. The molecule has 1 aromatic heterocycles. The maximum absolute atomic E-state index is 12.2. The fraction of sp³-hybridized carbons (Fsp3) is 0.250. The third kappa shape index (κ3) is 2.17. The van der Waals surface area contributed by atoms with Crippen molar-refractivity contribution in [1.29, 1.82) is 0 Å². The fourth-order valence-corrected chi connectivity index (χ4v) is 0.946. The van der Waals surface area contributed by atoms with Crippen LogP contribution in [-0.2, 0) is 11.0 Å². The molecule has 1 aromatic rings. The molecule has 0 fully saturated rings. The molecule has 0 saturated heterocycles. The molecule has 74 valence electrons. The van der Waals surface area contributed by atoms with Crippen molar-refractivity contribution >= 4 is 11.9 Å². The number of hydrogen-bond acceptors (Lipinski definition) is 3. The number of aliphatic imine (C=N–C) groups is 1. The van der Waals surface area contributed by atoms with Gasteiger partial charge < -0.3 is 0 Å². The summed E-state index contributed by atoms with van der Waals surface area (Å²) in [5.74, 6) is -0.0782. The molecule has 0 N–H and O–H groups in total. The number of aromatic nitrogens is 1. The first-order valence-electron chi connectivity index (χ1n) is 3.57. The van der Waals surface area contributed by atoms with E-state index < -0.39 is 11.7 Å². The largest absolute Gasteiger partial charge is 0.418 e. The molecule has 0 bridgehead atoms. The second-order valence-corrected chi connectivity index (χ2v) is 2.56. The van der Waals surface area contributed by atoms with Crippen LogP contribution in [0.4, 0.5) is 19.0 Å². The number of halogens is 3. The van der Waals surface area contributed by atoms with Crippen molar-refractivity contribution in [3.63, 3.8) is 0 Å². The molecule has 1 rings (SSSR count). The zero-order valence-corrected chi connectivity index (χ0v) is 7.09.